The number of hydrogen-bond donors (Lipinski definition) is 1. The lowest BCUT2D eigenvalue weighted by atomic mass is 10.2. The zero-order valence-corrected chi connectivity index (χ0v) is 18.5. The van der Waals surface area contributed by atoms with Crippen LogP contribution in [0, 0.1) is 0 Å². The highest BCUT2D eigenvalue weighted by Crippen LogP contribution is 2.35. The Morgan fingerprint density at radius 1 is 1.03 bits per heavy atom. The summed E-state index contributed by atoms with van der Waals surface area (Å²) in [5.41, 5.74) is -5.38. The molecule has 0 spiro atoms. The maximum atomic E-state index is 13.2. The van der Waals surface area contributed by atoms with Gasteiger partial charge in [-0.2, -0.15) is 13.2 Å². The third-order valence-corrected chi connectivity index (χ3v) is 7.65. The van der Waals surface area contributed by atoms with Crippen molar-refractivity contribution in [3.63, 3.8) is 0 Å². The van der Waals surface area contributed by atoms with E-state index in [1.807, 2.05) is 30.3 Å². The monoisotopic (exact) mass is 474 g/mol. The molecule has 0 bridgehead atoms. The Morgan fingerprint density at radius 3 is 2.35 bits per heavy atom. The van der Waals surface area contributed by atoms with Gasteiger partial charge in [0.1, 0.15) is 0 Å². The number of para-hydroxylation sites is 1. The molecule has 2 aromatic rings. The van der Waals surface area contributed by atoms with Gasteiger partial charge >= 0.3 is 5.51 Å². The van der Waals surface area contributed by atoms with E-state index in [-0.39, 0.29) is 11.7 Å². The zero-order valence-electron chi connectivity index (χ0n) is 16.8. The molecule has 10 heteroatoms. The largest absolute Gasteiger partial charge is 0.501 e. The van der Waals surface area contributed by atoms with Crippen LogP contribution in [0.3, 0.4) is 0 Å². The molecule has 2 aromatic carbocycles. The van der Waals surface area contributed by atoms with Crippen molar-refractivity contribution in [2.24, 2.45) is 0 Å². The van der Waals surface area contributed by atoms with E-state index in [1.165, 1.54) is 18.2 Å². The van der Waals surface area contributed by atoms with Crippen molar-refractivity contribution in [2.75, 3.05) is 43.9 Å². The number of morpholine rings is 1. The first-order valence-corrected chi connectivity index (χ1v) is 12.4. The van der Waals surface area contributed by atoms with E-state index in [4.69, 9.17) is 4.74 Å². The number of sulfone groups is 1. The smallest absolute Gasteiger partial charge is 0.380 e. The number of thioether (sulfide) groups is 1. The van der Waals surface area contributed by atoms with E-state index in [0.29, 0.717) is 25.4 Å². The number of nitrogens with zero attached hydrogens (tertiary/aromatic N) is 1. The van der Waals surface area contributed by atoms with Gasteiger partial charge in [0.25, 0.3) is 9.84 Å². The molecule has 0 unspecified atom stereocenters. The fourth-order valence-corrected chi connectivity index (χ4v) is 5.16. The molecule has 0 aliphatic carbocycles. The molecule has 0 amide bonds. The molecule has 1 aliphatic rings. The van der Waals surface area contributed by atoms with Gasteiger partial charge in [-0.05, 0) is 30.7 Å². The van der Waals surface area contributed by atoms with E-state index in [9.17, 15) is 21.6 Å². The zero-order chi connectivity index (χ0) is 22.3. The molecule has 3 rings (SSSR count). The second-order valence-corrected chi connectivity index (χ2v) is 10.2. The third kappa shape index (κ3) is 6.61. The first-order chi connectivity index (χ1) is 14.8. The van der Waals surface area contributed by atoms with E-state index >= 15 is 0 Å². The van der Waals surface area contributed by atoms with E-state index in [2.05, 4.69) is 10.2 Å². The fourth-order valence-electron chi connectivity index (χ4n) is 3.24. The lowest BCUT2D eigenvalue weighted by Crippen LogP contribution is -2.39. The topological polar surface area (TPSA) is 58.6 Å². The summed E-state index contributed by atoms with van der Waals surface area (Å²) in [6, 6.07) is 14.7. The van der Waals surface area contributed by atoms with Gasteiger partial charge in [-0.1, -0.05) is 30.3 Å². The van der Waals surface area contributed by atoms with Crippen molar-refractivity contribution in [2.45, 2.75) is 27.8 Å². The van der Waals surface area contributed by atoms with Crippen LogP contribution in [0.15, 0.2) is 64.4 Å². The summed E-state index contributed by atoms with van der Waals surface area (Å²) in [6.45, 7) is 3.66. The minimum Gasteiger partial charge on any atom is -0.380 e. The van der Waals surface area contributed by atoms with Gasteiger partial charge in [0.05, 0.1) is 23.8 Å². The maximum absolute atomic E-state index is 13.2. The Balaban J connectivity index is 1.77. The predicted octanol–water partition coefficient (Wildman–Crippen LogP) is 4.28. The van der Waals surface area contributed by atoms with Crippen molar-refractivity contribution >= 4 is 27.3 Å². The fraction of sp³-hybridized carbons (Fsp3) is 0.429. The van der Waals surface area contributed by atoms with Crippen LogP contribution >= 0.6 is 11.8 Å². The molecule has 1 atom stereocenters. The molecule has 170 valence electrons. The second kappa shape index (κ2) is 10.7. The molecule has 5 nitrogen and oxygen atoms in total. The lowest BCUT2D eigenvalue weighted by Gasteiger charge is -2.29. The molecule has 0 saturated carbocycles. The third-order valence-electron chi connectivity index (χ3n) is 4.93. The van der Waals surface area contributed by atoms with Gasteiger partial charge in [-0.3, -0.25) is 4.90 Å². The number of nitrogens with one attached hydrogen (secondary N) is 1. The summed E-state index contributed by atoms with van der Waals surface area (Å²) >= 11 is 1.58. The SMILES string of the molecule is O=S(=O)(c1ccccc1N[C@H](CCN1CCOCC1)CSc1ccccc1)C(F)(F)F. The molecule has 1 saturated heterocycles. The van der Waals surface area contributed by atoms with Crippen LogP contribution in [0.4, 0.5) is 18.9 Å². The minimum absolute atomic E-state index is 0.0273. The Morgan fingerprint density at radius 2 is 1.68 bits per heavy atom. The minimum atomic E-state index is -5.45. The first-order valence-electron chi connectivity index (χ1n) is 9.92. The number of halogens is 3. The van der Waals surface area contributed by atoms with E-state index in [1.54, 1.807) is 11.8 Å². The van der Waals surface area contributed by atoms with Crippen LogP contribution < -0.4 is 5.32 Å². The van der Waals surface area contributed by atoms with Gasteiger partial charge in [-0.25, -0.2) is 8.42 Å². The Hall–Kier alpha value is -1.75. The standard InChI is InChI=1S/C21H25F3N2O3S2/c22-21(23,24)31(27,28)20-9-5-4-8-19(20)25-17(10-11-26-12-14-29-15-13-26)16-30-18-6-2-1-3-7-18/h1-9,17,25H,10-16H2/t17-/m1/s1. The number of anilines is 1. The highest BCUT2D eigenvalue weighted by Gasteiger charge is 2.48. The molecular formula is C21H25F3N2O3S2. The Labute approximate surface area is 184 Å². The molecule has 31 heavy (non-hydrogen) atoms. The molecule has 0 aromatic heterocycles. The van der Waals surface area contributed by atoms with Crippen molar-refractivity contribution in [3.05, 3.63) is 54.6 Å². The quantitative estimate of drug-likeness (QED) is 0.548. The van der Waals surface area contributed by atoms with Crippen molar-refractivity contribution in [3.8, 4) is 0 Å². The number of hydrogen-bond acceptors (Lipinski definition) is 6. The van der Waals surface area contributed by atoms with Gasteiger partial charge in [-0.15, -0.1) is 11.8 Å². The predicted molar refractivity (Wildman–Crippen MR) is 116 cm³/mol. The molecule has 1 aliphatic heterocycles. The number of rotatable bonds is 9. The van der Waals surface area contributed by atoms with Crippen LogP contribution in [-0.4, -0.2) is 63.5 Å². The average molecular weight is 475 g/mol. The average Bonchev–Trinajstić information content (AvgIpc) is 2.76. The molecule has 1 heterocycles. The van der Waals surface area contributed by atoms with Crippen molar-refractivity contribution in [1.29, 1.82) is 0 Å². The highest BCUT2D eigenvalue weighted by molar-refractivity contribution is 7.99. The van der Waals surface area contributed by atoms with Crippen LogP contribution in [0.5, 0.6) is 0 Å². The number of benzene rings is 2. The second-order valence-electron chi connectivity index (χ2n) is 7.15. The number of ether oxygens (including phenoxy) is 1. The summed E-state index contributed by atoms with van der Waals surface area (Å²) in [6.07, 6.45) is 0.653. The summed E-state index contributed by atoms with van der Waals surface area (Å²) in [5, 5.41) is 3.08. The van der Waals surface area contributed by atoms with Gasteiger partial charge in [0, 0.05) is 36.3 Å². The Bertz CT molecular complexity index is 934. The van der Waals surface area contributed by atoms with Crippen molar-refractivity contribution < 1.29 is 26.3 Å². The van der Waals surface area contributed by atoms with Gasteiger partial charge in [0.2, 0.25) is 0 Å². The highest BCUT2D eigenvalue weighted by atomic mass is 32.2. The van der Waals surface area contributed by atoms with E-state index in [0.717, 1.165) is 30.6 Å². The van der Waals surface area contributed by atoms with Gasteiger partial charge < -0.3 is 10.1 Å². The summed E-state index contributed by atoms with van der Waals surface area (Å²) in [4.78, 5) is 2.53. The lowest BCUT2D eigenvalue weighted by molar-refractivity contribution is -0.0435. The normalized spacial score (nSPS) is 16.7. The Kier molecular flexibility index (Phi) is 8.26. The summed E-state index contributed by atoms with van der Waals surface area (Å²) in [5.74, 6) is 0.578. The first kappa shape index (κ1) is 23.9. The van der Waals surface area contributed by atoms with Crippen LogP contribution in [0.25, 0.3) is 0 Å². The molecule has 1 N–H and O–H groups in total. The van der Waals surface area contributed by atoms with E-state index < -0.39 is 20.2 Å². The molecule has 0 radical (unpaired) electrons. The van der Waals surface area contributed by atoms with Gasteiger partial charge in [0.15, 0.2) is 0 Å². The summed E-state index contributed by atoms with van der Waals surface area (Å²) < 4.78 is 68.9. The molecule has 1 fully saturated rings. The van der Waals surface area contributed by atoms with Crippen molar-refractivity contribution in [1.82, 2.24) is 4.90 Å². The van der Waals surface area contributed by atoms with Crippen LogP contribution in [0.1, 0.15) is 6.42 Å². The molecular weight excluding hydrogens is 449 g/mol. The summed E-state index contributed by atoms with van der Waals surface area (Å²) in [7, 11) is -5.45. The van der Waals surface area contributed by atoms with Crippen LogP contribution in [0.2, 0.25) is 0 Å². The number of alkyl halides is 3. The van der Waals surface area contributed by atoms with Crippen LogP contribution in [-0.2, 0) is 14.6 Å². The maximum Gasteiger partial charge on any atom is 0.501 e.